The molecule has 1 aliphatic carbocycles. The minimum absolute atomic E-state index is 0.792. The summed E-state index contributed by atoms with van der Waals surface area (Å²) in [5, 5.41) is 0. The average Bonchev–Trinajstić information content (AvgIpc) is 2.15. The van der Waals surface area contributed by atoms with Gasteiger partial charge in [0.25, 0.3) is 0 Å². The lowest BCUT2D eigenvalue weighted by Crippen LogP contribution is -2.13. The van der Waals surface area contributed by atoms with Crippen molar-refractivity contribution in [1.82, 2.24) is 0 Å². The molecule has 0 amide bonds. The van der Waals surface area contributed by atoms with Crippen molar-refractivity contribution in [2.24, 2.45) is 17.6 Å². The van der Waals surface area contributed by atoms with Crippen LogP contribution < -0.4 is 5.73 Å². The van der Waals surface area contributed by atoms with Crippen LogP contribution in [0.1, 0.15) is 46.0 Å². The second kappa shape index (κ2) is 5.43. The SMILES string of the molecule is CC(=CCCN)C1CCC(C)CC1. The van der Waals surface area contributed by atoms with E-state index in [1.54, 1.807) is 5.57 Å². The fourth-order valence-corrected chi connectivity index (χ4v) is 2.19. The van der Waals surface area contributed by atoms with Crippen molar-refractivity contribution in [2.45, 2.75) is 46.0 Å². The Balaban J connectivity index is 2.35. The Kier molecular flexibility index (Phi) is 4.51. The molecule has 1 saturated carbocycles. The maximum absolute atomic E-state index is 5.48. The Hall–Kier alpha value is -0.300. The number of hydrogen-bond acceptors (Lipinski definition) is 1. The van der Waals surface area contributed by atoms with Gasteiger partial charge in [-0.25, -0.2) is 0 Å². The van der Waals surface area contributed by atoms with Crippen LogP contribution in [-0.2, 0) is 0 Å². The van der Waals surface area contributed by atoms with E-state index in [1.165, 1.54) is 25.7 Å². The number of rotatable bonds is 3. The molecule has 0 unspecified atom stereocenters. The summed E-state index contributed by atoms with van der Waals surface area (Å²) in [5.41, 5.74) is 7.06. The number of allylic oxidation sites excluding steroid dienone is 1. The summed E-state index contributed by atoms with van der Waals surface area (Å²) in [6, 6.07) is 0. The van der Waals surface area contributed by atoms with Gasteiger partial charge < -0.3 is 5.73 Å². The standard InChI is InChI=1S/C12H23N/c1-10-5-7-12(8-6-10)11(2)4-3-9-13/h4,10,12H,3,5-9,13H2,1-2H3. The third-order valence-electron chi connectivity index (χ3n) is 3.29. The van der Waals surface area contributed by atoms with Crippen LogP contribution in [0.3, 0.4) is 0 Å². The van der Waals surface area contributed by atoms with Crippen LogP contribution in [0, 0.1) is 11.8 Å². The largest absolute Gasteiger partial charge is 0.330 e. The van der Waals surface area contributed by atoms with E-state index in [4.69, 9.17) is 5.73 Å². The van der Waals surface area contributed by atoms with Crippen LogP contribution >= 0.6 is 0 Å². The zero-order valence-electron chi connectivity index (χ0n) is 9.05. The van der Waals surface area contributed by atoms with Gasteiger partial charge in [0.1, 0.15) is 0 Å². The highest BCUT2D eigenvalue weighted by atomic mass is 14.5. The zero-order valence-corrected chi connectivity index (χ0v) is 9.05. The third-order valence-corrected chi connectivity index (χ3v) is 3.29. The van der Waals surface area contributed by atoms with Crippen molar-refractivity contribution in [3.63, 3.8) is 0 Å². The predicted octanol–water partition coefficient (Wildman–Crippen LogP) is 3.11. The van der Waals surface area contributed by atoms with E-state index in [-0.39, 0.29) is 0 Å². The molecule has 1 fully saturated rings. The molecular weight excluding hydrogens is 158 g/mol. The van der Waals surface area contributed by atoms with Gasteiger partial charge in [0, 0.05) is 0 Å². The molecule has 2 N–H and O–H groups in total. The van der Waals surface area contributed by atoms with Crippen LogP contribution in [0.25, 0.3) is 0 Å². The first-order valence-corrected chi connectivity index (χ1v) is 5.60. The van der Waals surface area contributed by atoms with Crippen LogP contribution in [-0.4, -0.2) is 6.54 Å². The molecule has 0 atom stereocenters. The first kappa shape index (κ1) is 10.8. The van der Waals surface area contributed by atoms with E-state index < -0.39 is 0 Å². The highest BCUT2D eigenvalue weighted by molar-refractivity contribution is 5.04. The first-order chi connectivity index (χ1) is 6.24. The van der Waals surface area contributed by atoms with Crippen molar-refractivity contribution >= 4 is 0 Å². The molecule has 0 aliphatic heterocycles. The summed E-state index contributed by atoms with van der Waals surface area (Å²) in [7, 11) is 0. The van der Waals surface area contributed by atoms with Gasteiger partial charge in [0.2, 0.25) is 0 Å². The average molecular weight is 181 g/mol. The molecule has 0 radical (unpaired) electrons. The molecule has 0 spiro atoms. The predicted molar refractivity (Wildman–Crippen MR) is 58.6 cm³/mol. The molecular formula is C12H23N. The van der Waals surface area contributed by atoms with Gasteiger partial charge in [-0.05, 0) is 44.6 Å². The summed E-state index contributed by atoms with van der Waals surface area (Å²) in [4.78, 5) is 0. The molecule has 13 heavy (non-hydrogen) atoms. The molecule has 1 aliphatic rings. The molecule has 0 heterocycles. The van der Waals surface area contributed by atoms with Crippen LogP contribution in [0.4, 0.5) is 0 Å². The lowest BCUT2D eigenvalue weighted by molar-refractivity contribution is 0.320. The summed E-state index contributed by atoms with van der Waals surface area (Å²) in [6.45, 7) is 5.44. The van der Waals surface area contributed by atoms with Crippen molar-refractivity contribution in [1.29, 1.82) is 0 Å². The van der Waals surface area contributed by atoms with Crippen LogP contribution in [0.5, 0.6) is 0 Å². The van der Waals surface area contributed by atoms with Crippen molar-refractivity contribution in [2.75, 3.05) is 6.54 Å². The Bertz CT molecular complexity index is 164. The Labute approximate surface area is 82.4 Å². The van der Waals surface area contributed by atoms with Crippen molar-refractivity contribution in [3.8, 4) is 0 Å². The summed E-state index contributed by atoms with van der Waals surface area (Å²) in [5.74, 6) is 1.82. The van der Waals surface area contributed by atoms with E-state index in [9.17, 15) is 0 Å². The Morgan fingerprint density at radius 3 is 2.46 bits per heavy atom. The molecule has 0 bridgehead atoms. The second-order valence-corrected chi connectivity index (χ2v) is 4.48. The van der Waals surface area contributed by atoms with Gasteiger partial charge in [-0.3, -0.25) is 0 Å². The number of hydrogen-bond donors (Lipinski definition) is 1. The summed E-state index contributed by atoms with van der Waals surface area (Å²) < 4.78 is 0. The zero-order chi connectivity index (χ0) is 9.68. The number of nitrogens with two attached hydrogens (primary N) is 1. The molecule has 1 nitrogen and oxygen atoms in total. The quantitative estimate of drug-likeness (QED) is 0.665. The van der Waals surface area contributed by atoms with E-state index in [0.29, 0.717) is 0 Å². The van der Waals surface area contributed by atoms with E-state index in [0.717, 1.165) is 24.8 Å². The minimum atomic E-state index is 0.792. The lowest BCUT2D eigenvalue weighted by Gasteiger charge is -2.26. The van der Waals surface area contributed by atoms with Crippen molar-refractivity contribution < 1.29 is 0 Å². The van der Waals surface area contributed by atoms with Gasteiger partial charge in [0.05, 0.1) is 0 Å². The fraction of sp³-hybridized carbons (Fsp3) is 0.833. The molecule has 1 rings (SSSR count). The van der Waals surface area contributed by atoms with Gasteiger partial charge >= 0.3 is 0 Å². The summed E-state index contributed by atoms with van der Waals surface area (Å²) in [6.07, 6.45) is 9.01. The summed E-state index contributed by atoms with van der Waals surface area (Å²) >= 11 is 0. The van der Waals surface area contributed by atoms with Crippen molar-refractivity contribution in [3.05, 3.63) is 11.6 Å². The normalized spacial score (nSPS) is 30.5. The highest BCUT2D eigenvalue weighted by Gasteiger charge is 2.18. The highest BCUT2D eigenvalue weighted by Crippen LogP contribution is 2.32. The topological polar surface area (TPSA) is 26.0 Å². The van der Waals surface area contributed by atoms with Gasteiger partial charge in [0.15, 0.2) is 0 Å². The van der Waals surface area contributed by atoms with Gasteiger partial charge in [-0.1, -0.05) is 31.4 Å². The van der Waals surface area contributed by atoms with E-state index in [1.807, 2.05) is 0 Å². The second-order valence-electron chi connectivity index (χ2n) is 4.48. The molecule has 0 saturated heterocycles. The molecule has 76 valence electrons. The smallest absolute Gasteiger partial charge is 0.00425 e. The first-order valence-electron chi connectivity index (χ1n) is 5.60. The lowest BCUT2D eigenvalue weighted by atomic mass is 9.79. The Morgan fingerprint density at radius 2 is 1.92 bits per heavy atom. The van der Waals surface area contributed by atoms with Crippen LogP contribution in [0.2, 0.25) is 0 Å². The van der Waals surface area contributed by atoms with E-state index in [2.05, 4.69) is 19.9 Å². The van der Waals surface area contributed by atoms with Gasteiger partial charge in [-0.15, -0.1) is 0 Å². The maximum atomic E-state index is 5.48. The molecule has 0 aromatic rings. The molecule has 0 aromatic heterocycles. The maximum Gasteiger partial charge on any atom is -0.00425 e. The fourth-order valence-electron chi connectivity index (χ4n) is 2.19. The van der Waals surface area contributed by atoms with Gasteiger partial charge in [-0.2, -0.15) is 0 Å². The molecule has 1 heteroatoms. The Morgan fingerprint density at radius 1 is 1.31 bits per heavy atom. The van der Waals surface area contributed by atoms with Crippen LogP contribution in [0.15, 0.2) is 11.6 Å². The molecule has 0 aromatic carbocycles. The minimum Gasteiger partial charge on any atom is -0.330 e. The third kappa shape index (κ3) is 3.51. The monoisotopic (exact) mass is 181 g/mol. The van der Waals surface area contributed by atoms with E-state index >= 15 is 0 Å².